The molecule has 0 unspecified atom stereocenters. The Labute approximate surface area is 77.2 Å². The van der Waals surface area contributed by atoms with Crippen molar-refractivity contribution in [3.63, 3.8) is 0 Å². The predicted octanol–water partition coefficient (Wildman–Crippen LogP) is -1.20. The van der Waals surface area contributed by atoms with Crippen molar-refractivity contribution < 1.29 is 24.4 Å². The first-order valence-electron chi connectivity index (χ1n) is 2.92. The second-order valence-corrected chi connectivity index (χ2v) is 3.27. The van der Waals surface area contributed by atoms with E-state index in [1.807, 2.05) is 21.2 Å². The van der Waals surface area contributed by atoms with Gasteiger partial charge in [-0.3, -0.25) is 0 Å². The molecule has 0 bridgehead atoms. The van der Waals surface area contributed by atoms with Gasteiger partial charge in [-0.25, -0.2) is 4.57 Å². The fourth-order valence-electron chi connectivity index (χ4n) is 0.236. The number of phosphoric acid groups is 1. The third-order valence-corrected chi connectivity index (χ3v) is 0.975. The van der Waals surface area contributed by atoms with E-state index in [-0.39, 0.29) is 0 Å². The Morgan fingerprint density at radius 1 is 1.36 bits per heavy atom. The minimum absolute atomic E-state index is 0.328. The van der Waals surface area contributed by atoms with Crippen LogP contribution in [0.5, 0.6) is 0 Å². The van der Waals surface area contributed by atoms with Gasteiger partial charge in [0.15, 0.2) is 0 Å². The van der Waals surface area contributed by atoms with Crippen molar-refractivity contribution in [3.8, 4) is 0 Å². The van der Waals surface area contributed by atoms with Crippen LogP contribution in [0.1, 0.15) is 12.8 Å². The second kappa shape index (κ2) is 8.80. The Morgan fingerprint density at radius 3 is 1.82 bits per heavy atom. The zero-order valence-corrected chi connectivity index (χ0v) is 8.36. The number of unbranched alkanes of at least 4 members (excludes halogenated alkanes) is 1. The van der Waals surface area contributed by atoms with Crippen molar-refractivity contribution in [3.05, 3.63) is 0 Å². The summed E-state index contributed by atoms with van der Waals surface area (Å²) in [5, 5.41) is 8.18. The molecule has 0 fully saturated rings. The van der Waals surface area contributed by atoms with E-state index >= 15 is 0 Å². The number of hydrogen-bond donors (Lipinski definition) is 4. The number of rotatable bonds is 3. The molecule has 0 radical (unpaired) electrons. The van der Waals surface area contributed by atoms with Gasteiger partial charge in [-0.1, -0.05) is 0 Å². The standard InChI is InChI=1S/C4H8O.Mg.H3O4P/c1-2-3-4-5;;1-5(2,3)4/h1,5H,2-4H2;;(H3,1,2,3,4). The van der Waals surface area contributed by atoms with Crippen molar-refractivity contribution in [2.45, 2.75) is 12.8 Å². The molecule has 0 heterocycles. The van der Waals surface area contributed by atoms with Gasteiger partial charge in [-0.05, 0) is 0 Å². The van der Waals surface area contributed by atoms with Crippen LogP contribution in [0.2, 0.25) is 0 Å². The van der Waals surface area contributed by atoms with Crippen LogP contribution < -0.4 is 0 Å². The topological polar surface area (TPSA) is 98.0 Å². The van der Waals surface area contributed by atoms with Crippen LogP contribution in [0.15, 0.2) is 0 Å². The third kappa shape index (κ3) is 59.1. The molecule has 0 rings (SSSR count). The van der Waals surface area contributed by atoms with Gasteiger partial charge in [0.2, 0.25) is 0 Å². The fourth-order valence-corrected chi connectivity index (χ4v) is 0.524. The normalized spacial score (nSPS) is 10.0. The molecule has 0 spiro atoms. The van der Waals surface area contributed by atoms with Crippen molar-refractivity contribution in [2.24, 2.45) is 0 Å². The van der Waals surface area contributed by atoms with Gasteiger partial charge in [-0.15, -0.1) is 0 Å². The molecule has 64 valence electrons. The molecule has 4 N–H and O–H groups in total. The van der Waals surface area contributed by atoms with E-state index in [0.29, 0.717) is 6.61 Å². The first-order chi connectivity index (χ1) is 4.91. The molecule has 0 aromatic heterocycles. The quantitative estimate of drug-likeness (QED) is 0.257. The van der Waals surface area contributed by atoms with Crippen molar-refractivity contribution in [2.75, 3.05) is 6.61 Å². The summed E-state index contributed by atoms with van der Waals surface area (Å²) in [4.78, 5) is 21.6. The van der Waals surface area contributed by atoms with Crippen LogP contribution in [0.25, 0.3) is 0 Å². The molecule has 0 aliphatic heterocycles. The summed E-state index contributed by atoms with van der Waals surface area (Å²) in [6.45, 7) is 0.328. The molecule has 7 heteroatoms. The molecule has 0 aromatic rings. The zero-order valence-electron chi connectivity index (χ0n) is 6.05. The van der Waals surface area contributed by atoms with Crippen LogP contribution in [0.3, 0.4) is 0 Å². The van der Waals surface area contributed by atoms with Gasteiger partial charge in [0.05, 0.1) is 0 Å². The van der Waals surface area contributed by atoms with E-state index in [0.717, 1.165) is 12.8 Å². The van der Waals surface area contributed by atoms with Gasteiger partial charge in [0, 0.05) is 0 Å². The fraction of sp³-hybridized carbons (Fsp3) is 0.750. The average molecular weight is 194 g/mol. The molecule has 0 atom stereocenters. The van der Waals surface area contributed by atoms with Gasteiger partial charge >= 0.3 is 57.8 Å². The maximum atomic E-state index is 8.88. The van der Waals surface area contributed by atoms with E-state index < -0.39 is 7.82 Å². The molecule has 0 aliphatic carbocycles. The molecule has 5 nitrogen and oxygen atoms in total. The zero-order chi connectivity index (χ0) is 9.33. The van der Waals surface area contributed by atoms with Gasteiger partial charge < -0.3 is 14.7 Å². The van der Waals surface area contributed by atoms with Gasteiger partial charge in [-0.2, -0.15) is 0 Å². The summed E-state index contributed by atoms with van der Waals surface area (Å²) in [6.07, 6.45) is 1.97. The Hall–Kier alpha value is 0.706. The molecule has 0 aliphatic rings. The number of aliphatic hydroxyl groups is 1. The van der Waals surface area contributed by atoms with Crippen LogP contribution in [0, 0.1) is 0 Å². The predicted molar refractivity (Wildman–Crippen MR) is 42.4 cm³/mol. The SMILES string of the molecule is O=P(O)(O)O.OCCC[CH]=[Mg]. The maximum absolute atomic E-state index is 8.88. The van der Waals surface area contributed by atoms with E-state index in [2.05, 4.69) is 4.14 Å². The van der Waals surface area contributed by atoms with E-state index in [9.17, 15) is 0 Å². The summed E-state index contributed by atoms with van der Waals surface area (Å²) in [7, 11) is -4.64. The average Bonchev–Trinajstić information content (AvgIpc) is 1.79. The van der Waals surface area contributed by atoms with Crippen LogP contribution in [0.4, 0.5) is 0 Å². The van der Waals surface area contributed by atoms with Crippen molar-refractivity contribution >= 4 is 33.2 Å². The molecule has 0 amide bonds. The van der Waals surface area contributed by atoms with Crippen LogP contribution in [-0.4, -0.2) is 51.8 Å². The summed E-state index contributed by atoms with van der Waals surface area (Å²) in [5.74, 6) is 0. The van der Waals surface area contributed by atoms with Crippen LogP contribution >= 0.6 is 7.82 Å². The minimum atomic E-state index is -4.64. The summed E-state index contributed by atoms with van der Waals surface area (Å²) in [5.41, 5.74) is 0. The summed E-state index contributed by atoms with van der Waals surface area (Å²) < 4.78 is 11.0. The second-order valence-electron chi connectivity index (χ2n) is 1.67. The van der Waals surface area contributed by atoms with Crippen LogP contribution in [-0.2, 0) is 4.57 Å². The molecule has 11 heavy (non-hydrogen) atoms. The molecule has 0 saturated carbocycles. The molecule has 0 aromatic carbocycles. The first kappa shape index (κ1) is 14.2. The van der Waals surface area contributed by atoms with Crippen molar-refractivity contribution in [1.29, 1.82) is 0 Å². The molecular weight excluding hydrogens is 183 g/mol. The molecular formula is C4H11MgO5P. The van der Waals surface area contributed by atoms with Gasteiger partial charge in [0.1, 0.15) is 0 Å². The number of hydrogen-bond acceptors (Lipinski definition) is 2. The third-order valence-electron chi connectivity index (χ3n) is 0.566. The summed E-state index contributed by atoms with van der Waals surface area (Å²) >= 11 is 1.83. The molecule has 0 saturated heterocycles. The van der Waals surface area contributed by atoms with E-state index in [1.165, 1.54) is 0 Å². The van der Waals surface area contributed by atoms with E-state index in [4.69, 9.17) is 24.4 Å². The van der Waals surface area contributed by atoms with E-state index in [1.54, 1.807) is 0 Å². The Balaban J connectivity index is 0. The number of aliphatic hydroxyl groups excluding tert-OH is 1. The Bertz CT molecular complexity index is 124. The summed E-state index contributed by atoms with van der Waals surface area (Å²) in [6, 6.07) is 0. The van der Waals surface area contributed by atoms with Gasteiger partial charge in [0.25, 0.3) is 0 Å². The first-order valence-corrected chi connectivity index (χ1v) is 5.30. The van der Waals surface area contributed by atoms with Crippen molar-refractivity contribution in [1.82, 2.24) is 0 Å². The monoisotopic (exact) mass is 194 g/mol. The Morgan fingerprint density at radius 2 is 1.73 bits per heavy atom. The Kier molecular flexibility index (Phi) is 11.4.